The van der Waals surface area contributed by atoms with Crippen LogP contribution in [0.1, 0.15) is 0 Å². The molecule has 0 saturated carbocycles. The first-order valence-corrected chi connectivity index (χ1v) is 18.0. The molecule has 10 rings (SSSR count). The molecule has 0 atom stereocenters. The van der Waals surface area contributed by atoms with Gasteiger partial charge in [0.05, 0.1) is 0 Å². The van der Waals surface area contributed by atoms with Crippen molar-refractivity contribution in [1.82, 2.24) is 0 Å². The monoisotopic (exact) mass is 658 g/mol. The Hall–Kier alpha value is -6.76. The van der Waals surface area contributed by atoms with Crippen LogP contribution in [0, 0.1) is 0 Å². The van der Waals surface area contributed by atoms with E-state index in [1.165, 1.54) is 98.7 Å². The van der Waals surface area contributed by atoms with E-state index in [9.17, 15) is 0 Å². The van der Waals surface area contributed by atoms with Crippen LogP contribution in [0.2, 0.25) is 0 Å². The van der Waals surface area contributed by atoms with Crippen LogP contribution in [0.25, 0.3) is 98.7 Å². The number of hydrogen-bond donors (Lipinski definition) is 0. The summed E-state index contributed by atoms with van der Waals surface area (Å²) in [5, 5.41) is 10.1. The third kappa shape index (κ3) is 5.08. The van der Waals surface area contributed by atoms with Gasteiger partial charge in [0.2, 0.25) is 0 Å². The first kappa shape index (κ1) is 30.1. The Morgan fingerprint density at radius 3 is 1.29 bits per heavy atom. The van der Waals surface area contributed by atoms with E-state index in [4.69, 9.17) is 0 Å². The highest BCUT2D eigenvalue weighted by atomic mass is 14.2. The summed E-state index contributed by atoms with van der Waals surface area (Å²) in [5.74, 6) is 0. The van der Waals surface area contributed by atoms with Crippen molar-refractivity contribution < 1.29 is 0 Å². The number of benzene rings is 10. The maximum atomic E-state index is 2.42. The Balaban J connectivity index is 1.20. The van der Waals surface area contributed by atoms with Gasteiger partial charge in [-0.15, -0.1) is 0 Å². The van der Waals surface area contributed by atoms with Gasteiger partial charge in [-0.1, -0.05) is 200 Å². The van der Waals surface area contributed by atoms with Crippen LogP contribution >= 0.6 is 0 Å². The van der Waals surface area contributed by atoms with Crippen molar-refractivity contribution >= 4 is 43.1 Å². The molecule has 0 heteroatoms. The van der Waals surface area contributed by atoms with Crippen LogP contribution in [0.4, 0.5) is 0 Å². The molecule has 0 nitrogen and oxygen atoms in total. The van der Waals surface area contributed by atoms with Gasteiger partial charge in [0.25, 0.3) is 0 Å². The van der Waals surface area contributed by atoms with Gasteiger partial charge in [-0.05, 0) is 105 Å². The van der Waals surface area contributed by atoms with Gasteiger partial charge in [-0.3, -0.25) is 0 Å². The van der Waals surface area contributed by atoms with E-state index >= 15 is 0 Å². The summed E-state index contributed by atoms with van der Waals surface area (Å²) in [6.07, 6.45) is 0. The van der Waals surface area contributed by atoms with E-state index in [2.05, 4.69) is 206 Å². The summed E-state index contributed by atoms with van der Waals surface area (Å²) in [6.45, 7) is 0. The first-order chi connectivity index (χ1) is 25.8. The average molecular weight is 659 g/mol. The normalized spacial score (nSPS) is 11.5. The fourth-order valence-corrected chi connectivity index (χ4v) is 8.18. The molecule has 10 aromatic carbocycles. The van der Waals surface area contributed by atoms with Gasteiger partial charge >= 0.3 is 0 Å². The van der Waals surface area contributed by atoms with Crippen LogP contribution in [-0.2, 0) is 0 Å². The lowest BCUT2D eigenvalue weighted by molar-refractivity contribution is 1.60. The van der Waals surface area contributed by atoms with Crippen LogP contribution in [-0.4, -0.2) is 0 Å². The third-order valence-corrected chi connectivity index (χ3v) is 10.7. The molecular weight excluding hydrogens is 625 g/mol. The molecule has 0 bridgehead atoms. The highest BCUT2D eigenvalue weighted by molar-refractivity contribution is 6.24. The van der Waals surface area contributed by atoms with Crippen molar-refractivity contribution in [2.75, 3.05) is 0 Å². The summed E-state index contributed by atoms with van der Waals surface area (Å²) in [6, 6.07) is 75.5. The molecule has 0 aliphatic rings. The molecular formula is C52H34. The lowest BCUT2D eigenvalue weighted by atomic mass is 9.83. The molecule has 52 heavy (non-hydrogen) atoms. The summed E-state index contributed by atoms with van der Waals surface area (Å²) in [5.41, 5.74) is 12.4. The van der Waals surface area contributed by atoms with Gasteiger partial charge in [0.15, 0.2) is 0 Å². The van der Waals surface area contributed by atoms with E-state index in [1.54, 1.807) is 0 Å². The minimum atomic E-state index is 1.20. The second kappa shape index (κ2) is 12.5. The largest absolute Gasteiger partial charge is 0.0622 e. The minimum Gasteiger partial charge on any atom is -0.0622 e. The minimum absolute atomic E-state index is 1.20. The van der Waals surface area contributed by atoms with Crippen molar-refractivity contribution in [3.05, 3.63) is 206 Å². The van der Waals surface area contributed by atoms with Crippen LogP contribution in [0.5, 0.6) is 0 Å². The average Bonchev–Trinajstić information content (AvgIpc) is 3.23. The van der Waals surface area contributed by atoms with Crippen molar-refractivity contribution in [3.63, 3.8) is 0 Å². The van der Waals surface area contributed by atoms with Gasteiger partial charge < -0.3 is 0 Å². The van der Waals surface area contributed by atoms with Crippen molar-refractivity contribution in [3.8, 4) is 55.6 Å². The SMILES string of the molecule is c1ccc(-c2ccc(-c3c4ccccc4c(-c4cccc5ccccc45)c4ccc(-c5ccc(-c6cccc7ccccc67)cc5)cc34)cc2)cc1. The Morgan fingerprint density at radius 1 is 0.192 bits per heavy atom. The highest BCUT2D eigenvalue weighted by Crippen LogP contribution is 2.46. The Kier molecular flexibility index (Phi) is 7.25. The Bertz CT molecular complexity index is 2900. The fourth-order valence-electron chi connectivity index (χ4n) is 8.18. The second-order valence-corrected chi connectivity index (χ2v) is 13.6. The molecule has 0 spiro atoms. The maximum absolute atomic E-state index is 2.42. The molecule has 242 valence electrons. The molecule has 10 aromatic rings. The molecule has 0 fully saturated rings. The molecule has 0 radical (unpaired) electrons. The van der Waals surface area contributed by atoms with Crippen molar-refractivity contribution in [1.29, 1.82) is 0 Å². The van der Waals surface area contributed by atoms with Crippen LogP contribution in [0.15, 0.2) is 206 Å². The third-order valence-electron chi connectivity index (χ3n) is 10.7. The molecule has 0 aromatic heterocycles. The summed E-state index contributed by atoms with van der Waals surface area (Å²) >= 11 is 0. The lowest BCUT2D eigenvalue weighted by Gasteiger charge is -2.20. The molecule has 0 N–H and O–H groups in total. The zero-order valence-electron chi connectivity index (χ0n) is 28.6. The van der Waals surface area contributed by atoms with E-state index in [-0.39, 0.29) is 0 Å². The number of hydrogen-bond acceptors (Lipinski definition) is 0. The fraction of sp³-hybridized carbons (Fsp3) is 0. The number of fused-ring (bicyclic) bond motifs is 4. The quantitative estimate of drug-likeness (QED) is 0.161. The van der Waals surface area contributed by atoms with Crippen molar-refractivity contribution in [2.45, 2.75) is 0 Å². The van der Waals surface area contributed by atoms with E-state index in [1.807, 2.05) is 0 Å². The zero-order chi connectivity index (χ0) is 34.4. The molecule has 0 heterocycles. The predicted molar refractivity (Wildman–Crippen MR) is 224 cm³/mol. The molecule has 0 aliphatic heterocycles. The molecule has 0 saturated heterocycles. The molecule has 0 unspecified atom stereocenters. The standard InChI is InChI=1S/C52H34/c1-2-12-35(13-3-1)36-26-30-41(31-27-36)51-47-20-8-9-21-48(47)52(46-23-11-17-39-15-5-7-19-45(39)46)49-33-32-42(34-50(49)51)37-24-28-40(29-25-37)44-22-10-16-38-14-4-6-18-43(38)44/h1-34H. The van der Waals surface area contributed by atoms with Crippen LogP contribution in [0.3, 0.4) is 0 Å². The Morgan fingerprint density at radius 2 is 0.615 bits per heavy atom. The van der Waals surface area contributed by atoms with Gasteiger partial charge in [-0.2, -0.15) is 0 Å². The predicted octanol–water partition coefficient (Wildman–Crippen LogP) is 14.6. The van der Waals surface area contributed by atoms with E-state index in [0.29, 0.717) is 0 Å². The Labute approximate surface area is 303 Å². The lowest BCUT2D eigenvalue weighted by Crippen LogP contribution is -1.92. The topological polar surface area (TPSA) is 0 Å². The first-order valence-electron chi connectivity index (χ1n) is 18.0. The van der Waals surface area contributed by atoms with Gasteiger partial charge in [0, 0.05) is 0 Å². The highest BCUT2D eigenvalue weighted by Gasteiger charge is 2.19. The van der Waals surface area contributed by atoms with E-state index in [0.717, 1.165) is 0 Å². The summed E-state index contributed by atoms with van der Waals surface area (Å²) in [7, 11) is 0. The summed E-state index contributed by atoms with van der Waals surface area (Å²) in [4.78, 5) is 0. The van der Waals surface area contributed by atoms with E-state index < -0.39 is 0 Å². The smallest absolute Gasteiger partial charge is 0.00201 e. The maximum Gasteiger partial charge on any atom is -0.00201 e. The number of rotatable bonds is 5. The second-order valence-electron chi connectivity index (χ2n) is 13.6. The molecule has 0 aliphatic carbocycles. The van der Waals surface area contributed by atoms with Crippen molar-refractivity contribution in [2.24, 2.45) is 0 Å². The zero-order valence-corrected chi connectivity index (χ0v) is 28.6. The van der Waals surface area contributed by atoms with Crippen LogP contribution < -0.4 is 0 Å². The molecule has 0 amide bonds. The summed E-state index contributed by atoms with van der Waals surface area (Å²) < 4.78 is 0. The van der Waals surface area contributed by atoms with Gasteiger partial charge in [0.1, 0.15) is 0 Å². The van der Waals surface area contributed by atoms with Gasteiger partial charge in [-0.25, -0.2) is 0 Å².